The fourth-order valence-electron chi connectivity index (χ4n) is 4.38. The highest BCUT2D eigenvalue weighted by Gasteiger charge is 2.28. The second kappa shape index (κ2) is 9.01. The van der Waals surface area contributed by atoms with E-state index in [9.17, 15) is 0 Å². The van der Waals surface area contributed by atoms with Crippen molar-refractivity contribution in [1.82, 2.24) is 19.4 Å². The molecule has 2 aromatic carbocycles. The Kier molecular flexibility index (Phi) is 5.77. The number of imidazole rings is 1. The number of oxazole rings is 1. The van der Waals surface area contributed by atoms with E-state index in [1.807, 2.05) is 73.9 Å². The van der Waals surface area contributed by atoms with Crippen molar-refractivity contribution in [2.45, 2.75) is 38.8 Å². The van der Waals surface area contributed by atoms with Crippen molar-refractivity contribution in [3.63, 3.8) is 0 Å². The smallest absolute Gasteiger partial charge is 0.226 e. The third kappa shape index (κ3) is 4.32. The second-order valence-electron chi connectivity index (χ2n) is 8.34. The highest BCUT2D eigenvalue weighted by molar-refractivity contribution is 5.57. The number of nitrogens with zero attached hydrogens (tertiary/aromatic N) is 4. The number of para-hydroxylation sites is 1. The summed E-state index contributed by atoms with van der Waals surface area (Å²) in [5.41, 5.74) is 1.89. The molecule has 3 heterocycles. The zero-order chi connectivity index (χ0) is 21.9. The van der Waals surface area contributed by atoms with Crippen molar-refractivity contribution >= 4 is 0 Å². The first-order chi connectivity index (χ1) is 15.7. The summed E-state index contributed by atoms with van der Waals surface area (Å²) in [6.07, 6.45) is 7.44. The molecule has 164 valence electrons. The molecular formula is C26H28N4O2. The van der Waals surface area contributed by atoms with Crippen molar-refractivity contribution < 1.29 is 9.15 Å². The summed E-state index contributed by atoms with van der Waals surface area (Å²) in [5, 5.41) is 0. The van der Waals surface area contributed by atoms with Crippen LogP contribution in [-0.2, 0) is 13.6 Å². The number of hydrogen-bond acceptors (Lipinski definition) is 5. The van der Waals surface area contributed by atoms with Gasteiger partial charge in [-0.2, -0.15) is 0 Å². The lowest BCUT2D eigenvalue weighted by molar-refractivity contribution is 0.129. The van der Waals surface area contributed by atoms with Gasteiger partial charge in [0.1, 0.15) is 23.1 Å². The molecule has 0 unspecified atom stereocenters. The summed E-state index contributed by atoms with van der Waals surface area (Å²) in [4.78, 5) is 12.0. The van der Waals surface area contributed by atoms with Gasteiger partial charge in [0.05, 0.1) is 11.7 Å². The summed E-state index contributed by atoms with van der Waals surface area (Å²) >= 11 is 0. The van der Waals surface area contributed by atoms with Crippen LogP contribution < -0.4 is 4.74 Å². The van der Waals surface area contributed by atoms with E-state index in [2.05, 4.69) is 21.5 Å². The first kappa shape index (κ1) is 20.5. The molecule has 2 aromatic heterocycles. The largest absolute Gasteiger partial charge is 0.457 e. The Balaban J connectivity index is 1.36. The Hall–Kier alpha value is -3.38. The van der Waals surface area contributed by atoms with Gasteiger partial charge in [0.2, 0.25) is 5.89 Å². The molecule has 1 aliphatic heterocycles. The van der Waals surface area contributed by atoms with Gasteiger partial charge in [-0.1, -0.05) is 30.7 Å². The van der Waals surface area contributed by atoms with Gasteiger partial charge in [0.15, 0.2) is 0 Å². The molecule has 1 atom stereocenters. The van der Waals surface area contributed by atoms with Crippen molar-refractivity contribution in [2.24, 2.45) is 7.05 Å². The summed E-state index contributed by atoms with van der Waals surface area (Å²) < 4.78 is 14.2. The Morgan fingerprint density at radius 3 is 2.72 bits per heavy atom. The van der Waals surface area contributed by atoms with E-state index in [0.717, 1.165) is 53.9 Å². The monoisotopic (exact) mass is 428 g/mol. The van der Waals surface area contributed by atoms with Crippen LogP contribution in [0.4, 0.5) is 0 Å². The quantitative estimate of drug-likeness (QED) is 0.382. The summed E-state index contributed by atoms with van der Waals surface area (Å²) in [5.74, 6) is 4.17. The average Bonchev–Trinajstić information content (AvgIpc) is 3.40. The van der Waals surface area contributed by atoms with Crippen molar-refractivity contribution in [1.29, 1.82) is 0 Å². The highest BCUT2D eigenvalue weighted by atomic mass is 16.5. The molecule has 32 heavy (non-hydrogen) atoms. The zero-order valence-electron chi connectivity index (χ0n) is 18.6. The van der Waals surface area contributed by atoms with E-state index < -0.39 is 0 Å². The van der Waals surface area contributed by atoms with E-state index >= 15 is 0 Å². The Bertz CT molecular complexity index is 1180. The zero-order valence-corrected chi connectivity index (χ0v) is 18.6. The van der Waals surface area contributed by atoms with Gasteiger partial charge in [0, 0.05) is 31.5 Å². The van der Waals surface area contributed by atoms with Crippen LogP contribution in [0.1, 0.15) is 42.6 Å². The summed E-state index contributed by atoms with van der Waals surface area (Å²) in [6.45, 7) is 3.79. The van der Waals surface area contributed by atoms with Crippen LogP contribution in [0, 0.1) is 6.92 Å². The number of rotatable bonds is 6. The van der Waals surface area contributed by atoms with Gasteiger partial charge in [-0.15, -0.1) is 0 Å². The lowest BCUT2D eigenvalue weighted by atomic mass is 10.0. The average molecular weight is 429 g/mol. The topological polar surface area (TPSA) is 56.3 Å². The minimum atomic E-state index is 0.311. The standard InChI is InChI=1S/C26H28N4O2/c1-19-23(18-30-15-7-6-13-24(30)25-27-14-16-29(25)2)28-26(31-19)20-9-8-12-22(17-20)32-21-10-4-3-5-11-21/h3-5,8-12,14,16-17,24H,6-7,13,15,18H2,1-2H3/t24-/m0/s1. The van der Waals surface area contributed by atoms with E-state index in [4.69, 9.17) is 14.1 Å². The number of likely N-dealkylation sites (tertiary alicyclic amines) is 1. The number of piperidine rings is 1. The van der Waals surface area contributed by atoms with Gasteiger partial charge in [-0.05, 0) is 56.6 Å². The maximum Gasteiger partial charge on any atom is 0.226 e. The molecule has 0 saturated carbocycles. The van der Waals surface area contributed by atoms with Gasteiger partial charge in [-0.3, -0.25) is 4.90 Å². The second-order valence-corrected chi connectivity index (χ2v) is 8.34. The van der Waals surface area contributed by atoms with Crippen molar-refractivity contribution in [3.05, 3.63) is 84.3 Å². The lowest BCUT2D eigenvalue weighted by Crippen LogP contribution is -2.34. The minimum absolute atomic E-state index is 0.311. The van der Waals surface area contributed by atoms with E-state index in [-0.39, 0.29) is 0 Å². The Morgan fingerprint density at radius 1 is 1.06 bits per heavy atom. The SMILES string of the molecule is Cc1oc(-c2cccc(Oc3ccccc3)c2)nc1CN1CCCC[C@H]1c1nccn1C. The Morgan fingerprint density at radius 2 is 1.91 bits per heavy atom. The number of hydrogen-bond donors (Lipinski definition) is 0. The third-order valence-corrected chi connectivity index (χ3v) is 6.08. The molecule has 0 spiro atoms. The number of benzene rings is 2. The minimum Gasteiger partial charge on any atom is -0.457 e. The third-order valence-electron chi connectivity index (χ3n) is 6.08. The molecule has 1 aliphatic rings. The maximum absolute atomic E-state index is 6.08. The molecule has 0 radical (unpaired) electrons. The molecule has 1 fully saturated rings. The molecule has 0 aliphatic carbocycles. The molecule has 0 bridgehead atoms. The predicted molar refractivity (Wildman–Crippen MR) is 123 cm³/mol. The molecule has 4 aromatic rings. The van der Waals surface area contributed by atoms with Crippen LogP contribution >= 0.6 is 0 Å². The molecule has 0 amide bonds. The fraction of sp³-hybridized carbons (Fsp3) is 0.308. The van der Waals surface area contributed by atoms with Crippen LogP contribution in [0.5, 0.6) is 11.5 Å². The molecule has 6 heteroatoms. The van der Waals surface area contributed by atoms with Crippen LogP contribution in [0.25, 0.3) is 11.5 Å². The molecule has 1 saturated heterocycles. The lowest BCUT2D eigenvalue weighted by Gasteiger charge is -2.34. The number of aromatic nitrogens is 3. The van der Waals surface area contributed by atoms with E-state index in [1.54, 1.807) is 0 Å². The summed E-state index contributed by atoms with van der Waals surface area (Å²) in [6, 6.07) is 18.0. The molecule has 0 N–H and O–H groups in total. The number of ether oxygens (including phenoxy) is 1. The molecule has 5 rings (SSSR count). The fourth-order valence-corrected chi connectivity index (χ4v) is 4.38. The van der Waals surface area contributed by atoms with Crippen LogP contribution in [-0.4, -0.2) is 26.0 Å². The Labute approximate surface area is 188 Å². The maximum atomic E-state index is 6.08. The van der Waals surface area contributed by atoms with Crippen LogP contribution in [0.3, 0.4) is 0 Å². The van der Waals surface area contributed by atoms with Crippen molar-refractivity contribution in [3.8, 4) is 23.0 Å². The van der Waals surface area contributed by atoms with Gasteiger partial charge >= 0.3 is 0 Å². The van der Waals surface area contributed by atoms with Crippen LogP contribution in [0.15, 0.2) is 71.4 Å². The van der Waals surface area contributed by atoms with Gasteiger partial charge < -0.3 is 13.7 Å². The van der Waals surface area contributed by atoms with E-state index in [1.165, 1.54) is 12.8 Å². The molecular weight excluding hydrogens is 400 g/mol. The first-order valence-electron chi connectivity index (χ1n) is 11.2. The normalized spacial score (nSPS) is 16.9. The van der Waals surface area contributed by atoms with Gasteiger partial charge in [0.25, 0.3) is 0 Å². The predicted octanol–water partition coefficient (Wildman–Crippen LogP) is 5.90. The summed E-state index contributed by atoms with van der Waals surface area (Å²) in [7, 11) is 2.07. The molecule has 6 nitrogen and oxygen atoms in total. The van der Waals surface area contributed by atoms with Crippen LogP contribution in [0.2, 0.25) is 0 Å². The van der Waals surface area contributed by atoms with E-state index in [0.29, 0.717) is 11.9 Å². The van der Waals surface area contributed by atoms with Gasteiger partial charge in [-0.25, -0.2) is 9.97 Å². The van der Waals surface area contributed by atoms with Crippen molar-refractivity contribution in [2.75, 3.05) is 6.54 Å². The number of aryl methyl sites for hydroxylation is 2. The highest BCUT2D eigenvalue weighted by Crippen LogP contribution is 2.33. The first-order valence-corrected chi connectivity index (χ1v) is 11.2.